The summed E-state index contributed by atoms with van der Waals surface area (Å²) in [6, 6.07) is 7.14. The lowest BCUT2D eigenvalue weighted by Gasteiger charge is -2.11. The minimum atomic E-state index is 0.294. The van der Waals surface area contributed by atoms with E-state index in [1.54, 1.807) is 12.1 Å². The standard InChI is InChI=1S/C12H15NO/c14-12-8-4-7-11(9-12)13-10-5-2-1-3-6-10/h4,7-9,14H,1-3,5-6H2. The SMILES string of the molecule is Oc1cccc(N=C2CCCCC2)c1. The molecule has 74 valence electrons. The number of phenols is 1. The minimum absolute atomic E-state index is 0.294. The average Bonchev–Trinajstić information content (AvgIpc) is 2.19. The van der Waals surface area contributed by atoms with Gasteiger partial charge in [0, 0.05) is 11.8 Å². The van der Waals surface area contributed by atoms with Crippen LogP contribution in [0.1, 0.15) is 32.1 Å². The Morgan fingerprint density at radius 2 is 1.86 bits per heavy atom. The summed E-state index contributed by atoms with van der Waals surface area (Å²) in [6.45, 7) is 0. The van der Waals surface area contributed by atoms with Crippen LogP contribution in [-0.2, 0) is 0 Å². The van der Waals surface area contributed by atoms with E-state index in [1.807, 2.05) is 12.1 Å². The number of hydrogen-bond acceptors (Lipinski definition) is 2. The largest absolute Gasteiger partial charge is 0.508 e. The molecule has 2 rings (SSSR count). The maximum Gasteiger partial charge on any atom is 0.117 e. The number of aromatic hydroxyl groups is 1. The van der Waals surface area contributed by atoms with Crippen LogP contribution in [0.15, 0.2) is 29.3 Å². The van der Waals surface area contributed by atoms with Gasteiger partial charge < -0.3 is 5.11 Å². The molecule has 14 heavy (non-hydrogen) atoms. The smallest absolute Gasteiger partial charge is 0.117 e. The zero-order chi connectivity index (χ0) is 9.80. The van der Waals surface area contributed by atoms with E-state index >= 15 is 0 Å². The van der Waals surface area contributed by atoms with Crippen LogP contribution in [-0.4, -0.2) is 10.8 Å². The highest BCUT2D eigenvalue weighted by molar-refractivity contribution is 5.87. The maximum absolute atomic E-state index is 9.27. The van der Waals surface area contributed by atoms with Crippen LogP contribution < -0.4 is 0 Å². The molecule has 0 unspecified atom stereocenters. The molecule has 2 heteroatoms. The second-order valence-electron chi connectivity index (χ2n) is 3.76. The number of phenolic OH excluding ortho intramolecular Hbond substituents is 1. The Morgan fingerprint density at radius 1 is 1.07 bits per heavy atom. The van der Waals surface area contributed by atoms with E-state index in [-0.39, 0.29) is 0 Å². The molecule has 2 nitrogen and oxygen atoms in total. The van der Waals surface area contributed by atoms with Crippen LogP contribution in [0.3, 0.4) is 0 Å². The molecule has 1 fully saturated rings. The monoisotopic (exact) mass is 189 g/mol. The Labute approximate surface area is 84.3 Å². The van der Waals surface area contributed by atoms with Gasteiger partial charge in [0.1, 0.15) is 5.75 Å². The third-order valence-electron chi connectivity index (χ3n) is 2.55. The van der Waals surface area contributed by atoms with Crippen molar-refractivity contribution in [1.82, 2.24) is 0 Å². The number of benzene rings is 1. The van der Waals surface area contributed by atoms with Gasteiger partial charge in [0.2, 0.25) is 0 Å². The van der Waals surface area contributed by atoms with Gasteiger partial charge in [-0.15, -0.1) is 0 Å². The Bertz CT molecular complexity index is 336. The van der Waals surface area contributed by atoms with Crippen LogP contribution in [0.2, 0.25) is 0 Å². The Morgan fingerprint density at radius 3 is 2.57 bits per heavy atom. The first-order valence-electron chi connectivity index (χ1n) is 5.20. The maximum atomic E-state index is 9.27. The minimum Gasteiger partial charge on any atom is -0.508 e. The molecule has 0 aromatic heterocycles. The third kappa shape index (κ3) is 2.34. The van der Waals surface area contributed by atoms with Crippen molar-refractivity contribution in [2.45, 2.75) is 32.1 Å². The third-order valence-corrected chi connectivity index (χ3v) is 2.55. The first-order valence-corrected chi connectivity index (χ1v) is 5.20. The molecule has 1 saturated carbocycles. The number of aliphatic imine (C=N–C) groups is 1. The van der Waals surface area contributed by atoms with E-state index in [0.717, 1.165) is 18.5 Å². The summed E-state index contributed by atoms with van der Waals surface area (Å²) in [4.78, 5) is 4.54. The molecule has 1 aromatic carbocycles. The van der Waals surface area contributed by atoms with Crippen molar-refractivity contribution in [1.29, 1.82) is 0 Å². The molecule has 0 spiro atoms. The van der Waals surface area contributed by atoms with Gasteiger partial charge in [0.25, 0.3) is 0 Å². The summed E-state index contributed by atoms with van der Waals surface area (Å²) >= 11 is 0. The highest BCUT2D eigenvalue weighted by Crippen LogP contribution is 2.22. The van der Waals surface area contributed by atoms with Crippen molar-refractivity contribution in [2.75, 3.05) is 0 Å². The lowest BCUT2D eigenvalue weighted by Crippen LogP contribution is -2.03. The van der Waals surface area contributed by atoms with Crippen LogP contribution >= 0.6 is 0 Å². The summed E-state index contributed by atoms with van der Waals surface area (Å²) in [5.74, 6) is 0.294. The topological polar surface area (TPSA) is 32.6 Å². The first-order chi connectivity index (χ1) is 6.84. The van der Waals surface area contributed by atoms with Crippen molar-refractivity contribution < 1.29 is 5.11 Å². The van der Waals surface area contributed by atoms with E-state index in [0.29, 0.717) is 5.75 Å². The zero-order valence-electron chi connectivity index (χ0n) is 8.24. The molecule has 0 heterocycles. The Balaban J connectivity index is 2.15. The van der Waals surface area contributed by atoms with Gasteiger partial charge in [-0.1, -0.05) is 12.5 Å². The Kier molecular flexibility index (Phi) is 2.82. The molecule has 0 radical (unpaired) electrons. The fourth-order valence-corrected chi connectivity index (χ4v) is 1.82. The molecule has 0 saturated heterocycles. The van der Waals surface area contributed by atoms with Crippen molar-refractivity contribution in [3.05, 3.63) is 24.3 Å². The lowest BCUT2D eigenvalue weighted by molar-refractivity contribution is 0.475. The van der Waals surface area contributed by atoms with Gasteiger partial charge in [0.15, 0.2) is 0 Å². The van der Waals surface area contributed by atoms with E-state index < -0.39 is 0 Å². The summed E-state index contributed by atoms with van der Waals surface area (Å²) in [6.07, 6.45) is 6.10. The average molecular weight is 189 g/mol. The molecule has 1 aliphatic carbocycles. The predicted molar refractivity (Wildman–Crippen MR) is 58.3 cm³/mol. The molecule has 0 atom stereocenters. The Hall–Kier alpha value is -1.31. The normalized spacial score (nSPS) is 16.7. The van der Waals surface area contributed by atoms with Gasteiger partial charge in [-0.2, -0.15) is 0 Å². The molecule has 0 aliphatic heterocycles. The molecule has 0 bridgehead atoms. The fraction of sp³-hybridized carbons (Fsp3) is 0.417. The molecular formula is C12H15NO. The van der Waals surface area contributed by atoms with E-state index in [2.05, 4.69) is 4.99 Å². The van der Waals surface area contributed by atoms with Crippen LogP contribution in [0.25, 0.3) is 0 Å². The number of rotatable bonds is 1. The molecule has 1 aliphatic rings. The van der Waals surface area contributed by atoms with Crippen molar-refractivity contribution in [2.24, 2.45) is 4.99 Å². The zero-order valence-corrected chi connectivity index (χ0v) is 8.24. The second kappa shape index (κ2) is 4.27. The van der Waals surface area contributed by atoms with Gasteiger partial charge in [0.05, 0.1) is 5.69 Å². The van der Waals surface area contributed by atoms with Crippen LogP contribution in [0.5, 0.6) is 5.75 Å². The van der Waals surface area contributed by atoms with Gasteiger partial charge in [-0.25, -0.2) is 0 Å². The number of hydrogen-bond donors (Lipinski definition) is 1. The van der Waals surface area contributed by atoms with Crippen LogP contribution in [0.4, 0.5) is 5.69 Å². The van der Waals surface area contributed by atoms with Gasteiger partial charge in [-0.3, -0.25) is 4.99 Å². The highest BCUT2D eigenvalue weighted by atomic mass is 16.3. The van der Waals surface area contributed by atoms with E-state index in [9.17, 15) is 5.11 Å². The second-order valence-corrected chi connectivity index (χ2v) is 3.76. The quantitative estimate of drug-likeness (QED) is 0.721. The lowest BCUT2D eigenvalue weighted by atomic mass is 9.98. The first kappa shape index (κ1) is 9.25. The molecule has 0 amide bonds. The number of nitrogens with zero attached hydrogens (tertiary/aromatic N) is 1. The van der Waals surface area contributed by atoms with Gasteiger partial charge in [-0.05, 0) is 37.8 Å². The van der Waals surface area contributed by atoms with E-state index in [1.165, 1.54) is 25.0 Å². The van der Waals surface area contributed by atoms with Crippen molar-refractivity contribution >= 4 is 11.4 Å². The van der Waals surface area contributed by atoms with Crippen LogP contribution in [0, 0.1) is 0 Å². The summed E-state index contributed by atoms with van der Waals surface area (Å²) in [7, 11) is 0. The van der Waals surface area contributed by atoms with Crippen molar-refractivity contribution in [3.63, 3.8) is 0 Å². The predicted octanol–water partition coefficient (Wildman–Crippen LogP) is 3.43. The van der Waals surface area contributed by atoms with E-state index in [4.69, 9.17) is 0 Å². The van der Waals surface area contributed by atoms with Crippen molar-refractivity contribution in [3.8, 4) is 5.75 Å². The summed E-state index contributed by atoms with van der Waals surface area (Å²) < 4.78 is 0. The molecule has 1 aromatic rings. The fourth-order valence-electron chi connectivity index (χ4n) is 1.82. The highest BCUT2D eigenvalue weighted by Gasteiger charge is 2.06. The summed E-state index contributed by atoms with van der Waals surface area (Å²) in [5.41, 5.74) is 2.16. The molecular weight excluding hydrogens is 174 g/mol. The van der Waals surface area contributed by atoms with Gasteiger partial charge >= 0.3 is 0 Å². The summed E-state index contributed by atoms with van der Waals surface area (Å²) in [5, 5.41) is 9.27. The molecule has 1 N–H and O–H groups in total.